The maximum Gasteiger partial charge on any atom is 0.256 e. The number of nitrogens with one attached hydrogen (secondary N) is 2. The van der Waals surface area contributed by atoms with E-state index in [-0.39, 0.29) is 30.8 Å². The molecule has 0 radical (unpaired) electrons. The fourth-order valence-electron chi connectivity index (χ4n) is 9.20. The Kier molecular flexibility index (Phi) is 11.4. The van der Waals surface area contributed by atoms with E-state index >= 15 is 0 Å². The smallest absolute Gasteiger partial charge is 0.256 e. The van der Waals surface area contributed by atoms with Crippen molar-refractivity contribution in [2.24, 2.45) is 0 Å². The summed E-state index contributed by atoms with van der Waals surface area (Å²) in [5.41, 5.74) is 23.1. The molecule has 0 saturated carbocycles. The highest BCUT2D eigenvalue weighted by atomic mass is 32.2. The molecule has 0 fully saturated rings. The highest BCUT2D eigenvalue weighted by Gasteiger charge is 2.36. The van der Waals surface area contributed by atoms with Crippen molar-refractivity contribution in [2.45, 2.75) is 50.6 Å². The predicted octanol–water partition coefficient (Wildman–Crippen LogP) is 5.38. The molecule has 0 spiro atoms. The van der Waals surface area contributed by atoms with E-state index in [0.29, 0.717) is 74.9 Å². The Bertz CT molecular complexity index is 3010. The van der Waals surface area contributed by atoms with Crippen molar-refractivity contribution in [3.05, 3.63) is 131 Å². The molecule has 2 atom stereocenters. The molecule has 0 saturated heterocycles. The molecular formula is C46H50N10O6S2. The monoisotopic (exact) mass is 902 g/mol. The number of anilines is 4. The number of nitrogens with zero attached hydrogens (tertiary/aromatic N) is 6. The highest BCUT2D eigenvalue weighted by molar-refractivity contribution is 7.88. The molecule has 332 valence electrons. The first-order chi connectivity index (χ1) is 30.7. The van der Waals surface area contributed by atoms with Gasteiger partial charge in [-0.15, -0.1) is 5.10 Å². The van der Waals surface area contributed by atoms with Gasteiger partial charge in [0.15, 0.2) is 0 Å². The van der Waals surface area contributed by atoms with E-state index in [9.17, 15) is 26.4 Å². The third-order valence-corrected chi connectivity index (χ3v) is 15.1. The standard InChI is InChI=1S/2C23H25N5O3S/c1-32(30,31)27-12-10-18-21(14-27)28(26-22(18)24)23(29)17-9-11-25-20-8-7-16(13-19(17)20)15-5-3-2-4-6-15;1-32(30,31)27-12-10-18-21(14-27)26-28(22(18)24)23(29)17-9-11-25-20-8-7-16(13-19(17)20)15-5-3-2-4-6-15/h2-8,13,17,25H,9-12,14H2,1H3,(H2,24,26);2-8,13,17,25H,9-12,14,24H2,1H3. The molecule has 0 amide bonds. The molecule has 0 aliphatic carbocycles. The van der Waals surface area contributed by atoms with Crippen LogP contribution >= 0.6 is 0 Å². The third kappa shape index (κ3) is 8.29. The van der Waals surface area contributed by atoms with Crippen LogP contribution in [0.2, 0.25) is 0 Å². The summed E-state index contributed by atoms with van der Waals surface area (Å²) in [7, 11) is -6.72. The van der Waals surface area contributed by atoms with Crippen LogP contribution < -0.4 is 22.1 Å². The summed E-state index contributed by atoms with van der Waals surface area (Å²) in [6, 6.07) is 32.3. The number of nitrogens with two attached hydrogens (primary N) is 2. The number of carbonyl (C=O) groups is 2. The Hall–Kier alpha value is -6.34. The lowest BCUT2D eigenvalue weighted by atomic mass is 9.88. The van der Waals surface area contributed by atoms with Crippen molar-refractivity contribution in [3.8, 4) is 22.3 Å². The number of fused-ring (bicyclic) bond motifs is 4. The van der Waals surface area contributed by atoms with Crippen molar-refractivity contribution in [1.29, 1.82) is 0 Å². The number of sulfonamides is 2. The summed E-state index contributed by atoms with van der Waals surface area (Å²) in [5, 5.41) is 15.6. The first-order valence-corrected chi connectivity index (χ1v) is 24.9. The largest absolute Gasteiger partial charge is 0.385 e. The van der Waals surface area contributed by atoms with Crippen molar-refractivity contribution in [1.82, 2.24) is 28.2 Å². The van der Waals surface area contributed by atoms with Gasteiger partial charge in [-0.05, 0) is 83.3 Å². The van der Waals surface area contributed by atoms with Crippen LogP contribution in [-0.2, 0) is 46.0 Å². The molecule has 18 heteroatoms. The van der Waals surface area contributed by atoms with Crippen LogP contribution in [0, 0.1) is 0 Å². The van der Waals surface area contributed by atoms with Crippen LogP contribution in [0.25, 0.3) is 22.3 Å². The SMILES string of the molecule is CS(=O)(=O)N1CCc2c(N)nn(C(=O)C3CCNc4ccc(-c5ccccc5)cc43)c2C1.CS(=O)(=O)N1CCc2c(nn(C(=O)C3CCNc4ccc(-c5ccccc5)cc43)c2N)C1. The predicted molar refractivity (Wildman–Crippen MR) is 248 cm³/mol. The fourth-order valence-corrected chi connectivity index (χ4v) is 10.8. The van der Waals surface area contributed by atoms with Gasteiger partial charge >= 0.3 is 0 Å². The zero-order valence-electron chi connectivity index (χ0n) is 35.6. The molecule has 16 nitrogen and oxygen atoms in total. The van der Waals surface area contributed by atoms with Gasteiger partial charge in [0.05, 0.1) is 48.8 Å². The molecule has 2 unspecified atom stereocenters. The zero-order valence-corrected chi connectivity index (χ0v) is 37.2. The molecular weight excluding hydrogens is 853 g/mol. The topological polar surface area (TPSA) is 221 Å². The second-order valence-electron chi connectivity index (χ2n) is 16.7. The molecule has 4 aromatic carbocycles. The lowest BCUT2D eigenvalue weighted by molar-refractivity contribution is 0.0845. The van der Waals surface area contributed by atoms with E-state index in [1.807, 2.05) is 78.9 Å². The van der Waals surface area contributed by atoms with Gasteiger partial charge in [-0.25, -0.2) is 21.5 Å². The molecule has 10 rings (SSSR count). The summed E-state index contributed by atoms with van der Waals surface area (Å²) in [4.78, 5) is 27.3. The minimum atomic E-state index is -3.38. The van der Waals surface area contributed by atoms with E-state index in [1.165, 1.54) is 30.5 Å². The molecule has 4 aliphatic rings. The number of rotatable bonds is 6. The second-order valence-corrected chi connectivity index (χ2v) is 20.7. The fraction of sp³-hybridized carbons (Fsp3) is 0.304. The summed E-state index contributed by atoms with van der Waals surface area (Å²) >= 11 is 0. The molecule has 6 aromatic rings. The highest BCUT2D eigenvalue weighted by Crippen LogP contribution is 2.39. The van der Waals surface area contributed by atoms with E-state index in [1.54, 1.807) is 0 Å². The molecule has 4 aliphatic heterocycles. The van der Waals surface area contributed by atoms with E-state index in [2.05, 4.69) is 39.0 Å². The van der Waals surface area contributed by atoms with Crippen LogP contribution in [-0.4, -0.2) is 95.5 Å². The normalized spacial score (nSPS) is 18.5. The Balaban J connectivity index is 0.000000162. The Morgan fingerprint density at radius 3 is 1.61 bits per heavy atom. The molecule has 6 N–H and O–H groups in total. The Labute approximate surface area is 372 Å². The summed E-state index contributed by atoms with van der Waals surface area (Å²) in [6.45, 7) is 2.27. The van der Waals surface area contributed by atoms with Crippen LogP contribution in [0.15, 0.2) is 97.1 Å². The van der Waals surface area contributed by atoms with Gasteiger partial charge in [0.2, 0.25) is 20.0 Å². The van der Waals surface area contributed by atoms with E-state index in [4.69, 9.17) is 11.5 Å². The third-order valence-electron chi connectivity index (χ3n) is 12.6. The molecule has 2 aromatic heterocycles. The maximum absolute atomic E-state index is 13.7. The minimum absolute atomic E-state index is 0.103. The van der Waals surface area contributed by atoms with Gasteiger partial charge in [0.25, 0.3) is 11.8 Å². The van der Waals surface area contributed by atoms with Crippen LogP contribution in [0.5, 0.6) is 0 Å². The van der Waals surface area contributed by atoms with Crippen LogP contribution in [0.4, 0.5) is 23.0 Å². The van der Waals surface area contributed by atoms with Gasteiger partial charge in [-0.3, -0.25) is 9.59 Å². The molecule has 64 heavy (non-hydrogen) atoms. The first kappa shape index (κ1) is 42.9. The number of benzene rings is 4. The van der Waals surface area contributed by atoms with Gasteiger partial charge < -0.3 is 22.1 Å². The number of hydrogen-bond donors (Lipinski definition) is 4. The first-order valence-electron chi connectivity index (χ1n) is 21.2. The van der Waals surface area contributed by atoms with Crippen LogP contribution in [0.3, 0.4) is 0 Å². The Morgan fingerprint density at radius 1 is 0.609 bits per heavy atom. The quantitative estimate of drug-likeness (QED) is 0.166. The second kappa shape index (κ2) is 17.0. The molecule has 6 heterocycles. The van der Waals surface area contributed by atoms with Crippen molar-refractivity contribution in [3.63, 3.8) is 0 Å². The van der Waals surface area contributed by atoms with Gasteiger partial charge in [0, 0.05) is 48.7 Å². The average Bonchev–Trinajstić information content (AvgIpc) is 3.82. The van der Waals surface area contributed by atoms with Crippen molar-refractivity contribution >= 4 is 54.9 Å². The number of carbonyl (C=O) groups excluding carboxylic acids is 2. The lowest BCUT2D eigenvalue weighted by Crippen LogP contribution is -2.37. The van der Waals surface area contributed by atoms with Gasteiger partial charge in [-0.1, -0.05) is 72.8 Å². The number of aromatic nitrogens is 4. The minimum Gasteiger partial charge on any atom is -0.385 e. The average molecular weight is 903 g/mol. The van der Waals surface area contributed by atoms with E-state index < -0.39 is 26.0 Å². The van der Waals surface area contributed by atoms with Crippen LogP contribution in [0.1, 0.15) is 67.9 Å². The van der Waals surface area contributed by atoms with Crippen molar-refractivity contribution in [2.75, 3.05) is 60.8 Å². The number of hydrogen-bond acceptors (Lipinski definition) is 12. The lowest BCUT2D eigenvalue weighted by Gasteiger charge is -2.28. The van der Waals surface area contributed by atoms with Gasteiger partial charge in [-0.2, -0.15) is 18.4 Å². The van der Waals surface area contributed by atoms with E-state index in [0.717, 1.165) is 55.9 Å². The zero-order chi connectivity index (χ0) is 44.9. The number of nitrogen functional groups attached to an aromatic ring is 2. The van der Waals surface area contributed by atoms with Crippen molar-refractivity contribution < 1.29 is 26.4 Å². The Morgan fingerprint density at radius 2 is 1.09 bits per heavy atom. The summed E-state index contributed by atoms with van der Waals surface area (Å²) < 4.78 is 53.4. The summed E-state index contributed by atoms with van der Waals surface area (Å²) in [6.07, 6.45) is 4.50. The summed E-state index contributed by atoms with van der Waals surface area (Å²) in [5.74, 6) is -0.528. The van der Waals surface area contributed by atoms with Gasteiger partial charge in [0.1, 0.15) is 11.6 Å². The maximum atomic E-state index is 13.7. The molecule has 0 bridgehead atoms.